The molecule has 1 aliphatic rings. The largest absolute Gasteiger partial charge is 0.384 e. The fraction of sp³-hybridized carbons (Fsp3) is 0.375. The number of anilines is 1. The smallest absolute Gasteiger partial charge is 0.149 e. The predicted molar refractivity (Wildman–Crippen MR) is 49.7 cm³/mol. The monoisotopic (exact) mass is 177 g/mol. The van der Waals surface area contributed by atoms with Crippen molar-refractivity contribution in [1.82, 2.24) is 10.2 Å². The van der Waals surface area contributed by atoms with Gasteiger partial charge in [-0.1, -0.05) is 0 Å². The van der Waals surface area contributed by atoms with Gasteiger partial charge in [0.15, 0.2) is 0 Å². The Balaban J connectivity index is 2.15. The van der Waals surface area contributed by atoms with Crippen LogP contribution in [-0.2, 0) is 0 Å². The van der Waals surface area contributed by atoms with Crippen LogP contribution in [0.15, 0.2) is 12.3 Å². The van der Waals surface area contributed by atoms with Gasteiger partial charge in [0.25, 0.3) is 0 Å². The Morgan fingerprint density at radius 3 is 3.00 bits per heavy atom. The third-order valence-corrected chi connectivity index (χ3v) is 1.89. The van der Waals surface area contributed by atoms with Crippen LogP contribution in [-0.4, -0.2) is 22.1 Å². The molecule has 0 bridgehead atoms. The fourth-order valence-corrected chi connectivity index (χ4v) is 1.02. The van der Waals surface area contributed by atoms with Crippen LogP contribution in [0.4, 0.5) is 5.82 Å². The number of rotatable bonds is 3. The zero-order valence-electron chi connectivity index (χ0n) is 7.12. The van der Waals surface area contributed by atoms with E-state index in [4.69, 9.17) is 11.1 Å². The van der Waals surface area contributed by atoms with Crippen molar-refractivity contribution >= 4 is 11.7 Å². The Bertz CT molecular complexity index is 331. The molecule has 0 atom stereocenters. The summed E-state index contributed by atoms with van der Waals surface area (Å²) in [7, 11) is 0. The normalized spacial score (nSPS) is 15.4. The summed E-state index contributed by atoms with van der Waals surface area (Å²) in [5, 5.41) is 18.0. The van der Waals surface area contributed by atoms with E-state index in [2.05, 4.69) is 15.5 Å². The summed E-state index contributed by atoms with van der Waals surface area (Å²) in [4.78, 5) is 0. The number of nitrogens with two attached hydrogens (primary N) is 1. The number of amidine groups is 1. The van der Waals surface area contributed by atoms with E-state index >= 15 is 0 Å². The minimum Gasteiger partial charge on any atom is -0.384 e. The lowest BCUT2D eigenvalue weighted by molar-refractivity contribution is 0.994. The van der Waals surface area contributed by atoms with Crippen LogP contribution in [0.25, 0.3) is 0 Å². The van der Waals surface area contributed by atoms with E-state index in [1.54, 1.807) is 6.07 Å². The van der Waals surface area contributed by atoms with Crippen LogP contribution >= 0.6 is 0 Å². The number of nitrogen functional groups attached to an aromatic ring is 1. The van der Waals surface area contributed by atoms with Crippen LogP contribution in [0.3, 0.4) is 0 Å². The third kappa shape index (κ3) is 1.93. The summed E-state index contributed by atoms with van der Waals surface area (Å²) in [6.07, 6.45) is 3.86. The van der Waals surface area contributed by atoms with Gasteiger partial charge in [0.2, 0.25) is 0 Å². The molecule has 0 radical (unpaired) electrons. The standard InChI is InChI=1S/C8H11N5/c9-8(10)5-3-7(13-11-4-5)12-6-1-2-6/h3-4,6H,1-2H2,(H3,9,10)(H,12,13). The van der Waals surface area contributed by atoms with E-state index < -0.39 is 0 Å². The van der Waals surface area contributed by atoms with Crippen LogP contribution in [0, 0.1) is 5.41 Å². The van der Waals surface area contributed by atoms with Crippen LogP contribution in [0.5, 0.6) is 0 Å². The third-order valence-electron chi connectivity index (χ3n) is 1.89. The van der Waals surface area contributed by atoms with Crippen LogP contribution < -0.4 is 11.1 Å². The lowest BCUT2D eigenvalue weighted by Gasteiger charge is -2.03. The minimum absolute atomic E-state index is 0.0220. The summed E-state index contributed by atoms with van der Waals surface area (Å²) >= 11 is 0. The van der Waals surface area contributed by atoms with Crippen molar-refractivity contribution in [3.8, 4) is 0 Å². The highest BCUT2D eigenvalue weighted by Gasteiger charge is 2.21. The topological polar surface area (TPSA) is 87.7 Å². The second-order valence-corrected chi connectivity index (χ2v) is 3.16. The highest BCUT2D eigenvalue weighted by atomic mass is 15.2. The first-order valence-corrected chi connectivity index (χ1v) is 4.19. The molecule has 0 saturated heterocycles. The van der Waals surface area contributed by atoms with E-state index in [0.717, 1.165) is 0 Å². The summed E-state index contributed by atoms with van der Waals surface area (Å²) in [5.41, 5.74) is 5.93. The molecule has 1 aliphatic carbocycles. The Hall–Kier alpha value is -1.65. The molecule has 1 saturated carbocycles. The molecule has 1 aromatic rings. The average Bonchev–Trinajstić information content (AvgIpc) is 2.89. The predicted octanol–water partition coefficient (Wildman–Crippen LogP) is 0.335. The van der Waals surface area contributed by atoms with Crippen molar-refractivity contribution in [2.24, 2.45) is 5.73 Å². The van der Waals surface area contributed by atoms with Gasteiger partial charge < -0.3 is 11.1 Å². The van der Waals surface area contributed by atoms with Crippen molar-refractivity contribution in [3.63, 3.8) is 0 Å². The Labute approximate surface area is 75.9 Å². The number of aromatic nitrogens is 2. The van der Waals surface area contributed by atoms with Gasteiger partial charge in [0.05, 0.1) is 6.20 Å². The quantitative estimate of drug-likeness (QED) is 0.458. The van der Waals surface area contributed by atoms with Crippen LogP contribution in [0.2, 0.25) is 0 Å². The number of nitrogens with zero attached hydrogens (tertiary/aromatic N) is 2. The highest BCUT2D eigenvalue weighted by molar-refractivity contribution is 5.95. The zero-order chi connectivity index (χ0) is 9.26. The number of hydrogen-bond acceptors (Lipinski definition) is 4. The second-order valence-electron chi connectivity index (χ2n) is 3.16. The highest BCUT2D eigenvalue weighted by Crippen LogP contribution is 2.23. The molecule has 1 fully saturated rings. The first kappa shape index (κ1) is 7.97. The molecule has 0 spiro atoms. The van der Waals surface area contributed by atoms with E-state index in [1.807, 2.05) is 0 Å². The molecule has 1 heterocycles. The van der Waals surface area contributed by atoms with Crippen molar-refractivity contribution in [2.75, 3.05) is 5.32 Å². The Morgan fingerprint density at radius 2 is 2.38 bits per heavy atom. The van der Waals surface area contributed by atoms with Gasteiger partial charge in [-0.2, -0.15) is 5.10 Å². The second kappa shape index (κ2) is 3.01. The zero-order valence-corrected chi connectivity index (χ0v) is 7.12. The molecule has 4 N–H and O–H groups in total. The van der Waals surface area contributed by atoms with E-state index in [9.17, 15) is 0 Å². The van der Waals surface area contributed by atoms with E-state index in [1.165, 1.54) is 19.0 Å². The summed E-state index contributed by atoms with van der Waals surface area (Å²) < 4.78 is 0. The first-order chi connectivity index (χ1) is 6.25. The molecule has 13 heavy (non-hydrogen) atoms. The van der Waals surface area contributed by atoms with E-state index in [0.29, 0.717) is 17.4 Å². The molecule has 2 rings (SSSR count). The van der Waals surface area contributed by atoms with E-state index in [-0.39, 0.29) is 5.84 Å². The lowest BCUT2D eigenvalue weighted by Crippen LogP contribution is -2.13. The van der Waals surface area contributed by atoms with Gasteiger partial charge in [0.1, 0.15) is 11.7 Å². The average molecular weight is 177 g/mol. The van der Waals surface area contributed by atoms with Crippen molar-refractivity contribution in [3.05, 3.63) is 17.8 Å². The molecule has 1 aromatic heterocycles. The number of hydrogen-bond donors (Lipinski definition) is 3. The fourth-order valence-electron chi connectivity index (χ4n) is 1.02. The minimum atomic E-state index is 0.0220. The lowest BCUT2D eigenvalue weighted by atomic mass is 10.3. The maximum absolute atomic E-state index is 7.21. The Kier molecular flexibility index (Phi) is 1.84. The summed E-state index contributed by atoms with van der Waals surface area (Å²) in [5.74, 6) is 0.726. The van der Waals surface area contributed by atoms with Gasteiger partial charge in [-0.15, -0.1) is 5.10 Å². The molecular formula is C8H11N5. The number of nitrogens with one attached hydrogen (secondary N) is 2. The van der Waals surface area contributed by atoms with Crippen molar-refractivity contribution in [1.29, 1.82) is 5.41 Å². The van der Waals surface area contributed by atoms with Gasteiger partial charge in [-0.3, -0.25) is 5.41 Å². The maximum Gasteiger partial charge on any atom is 0.149 e. The molecular weight excluding hydrogens is 166 g/mol. The molecule has 0 aliphatic heterocycles. The van der Waals surface area contributed by atoms with Crippen molar-refractivity contribution < 1.29 is 0 Å². The van der Waals surface area contributed by atoms with Gasteiger partial charge >= 0.3 is 0 Å². The molecule has 0 unspecified atom stereocenters. The molecule has 5 heteroatoms. The van der Waals surface area contributed by atoms with Crippen LogP contribution in [0.1, 0.15) is 18.4 Å². The maximum atomic E-state index is 7.21. The van der Waals surface area contributed by atoms with Gasteiger partial charge in [-0.05, 0) is 18.9 Å². The summed E-state index contributed by atoms with van der Waals surface area (Å²) in [6, 6.07) is 2.28. The molecule has 0 aromatic carbocycles. The van der Waals surface area contributed by atoms with Gasteiger partial charge in [-0.25, -0.2) is 0 Å². The Morgan fingerprint density at radius 1 is 1.62 bits per heavy atom. The molecule has 0 amide bonds. The van der Waals surface area contributed by atoms with Crippen molar-refractivity contribution in [2.45, 2.75) is 18.9 Å². The first-order valence-electron chi connectivity index (χ1n) is 4.19. The molecule has 68 valence electrons. The SMILES string of the molecule is N=C(N)c1cnnc(NC2CC2)c1. The summed E-state index contributed by atoms with van der Waals surface area (Å²) in [6.45, 7) is 0. The molecule has 5 nitrogen and oxygen atoms in total. The van der Waals surface area contributed by atoms with Gasteiger partial charge in [0, 0.05) is 11.6 Å².